The molecule has 1 unspecified atom stereocenters. The molecule has 0 bridgehead atoms. The summed E-state index contributed by atoms with van der Waals surface area (Å²) in [5.74, 6) is -0.548. The van der Waals surface area contributed by atoms with E-state index in [9.17, 15) is 15.2 Å². The smallest absolute Gasteiger partial charge is 0.344 e. The van der Waals surface area contributed by atoms with Crippen molar-refractivity contribution in [3.05, 3.63) is 91.8 Å². The highest BCUT2D eigenvalue weighted by molar-refractivity contribution is 6.35. The van der Waals surface area contributed by atoms with Crippen LogP contribution in [0.3, 0.4) is 0 Å². The standard InChI is InChI=1S/C25H15Cl2N3O5/c1-33-18-4-2-11(6-13(18)16-10-30-20(27)8-17(16)26)21-15(9-28)24(29)35-23-14-7-12(31)3-5-19(14)34-25(32)22(21)23/h2-8,10,21,31H,29H2,1H3. The quantitative estimate of drug-likeness (QED) is 0.289. The number of phenols is 1. The maximum atomic E-state index is 13.1. The Balaban J connectivity index is 1.80. The highest BCUT2D eigenvalue weighted by Gasteiger charge is 2.36. The molecule has 3 heterocycles. The minimum atomic E-state index is -0.921. The van der Waals surface area contributed by atoms with Crippen LogP contribution in [0.4, 0.5) is 0 Å². The monoisotopic (exact) mass is 507 g/mol. The lowest BCUT2D eigenvalue weighted by molar-refractivity contribution is 0.387. The van der Waals surface area contributed by atoms with Gasteiger partial charge in [-0.3, -0.25) is 0 Å². The van der Waals surface area contributed by atoms with E-state index in [1.807, 2.05) is 6.07 Å². The molecule has 0 amide bonds. The summed E-state index contributed by atoms with van der Waals surface area (Å²) in [6, 6.07) is 12.9. The van der Waals surface area contributed by atoms with Crippen molar-refractivity contribution >= 4 is 34.2 Å². The number of benzene rings is 2. The molecule has 174 valence electrons. The number of nitrogens with two attached hydrogens (primary N) is 1. The highest BCUT2D eigenvalue weighted by Crippen LogP contribution is 2.46. The van der Waals surface area contributed by atoms with Crippen LogP contribution in [-0.2, 0) is 0 Å². The molecular weight excluding hydrogens is 493 g/mol. The fourth-order valence-electron chi connectivity index (χ4n) is 4.16. The Labute approximate surface area is 208 Å². The van der Waals surface area contributed by atoms with Gasteiger partial charge in [-0.1, -0.05) is 29.3 Å². The van der Waals surface area contributed by atoms with Gasteiger partial charge in [0.15, 0.2) is 5.75 Å². The zero-order chi connectivity index (χ0) is 24.9. The molecule has 10 heteroatoms. The van der Waals surface area contributed by atoms with E-state index in [0.29, 0.717) is 32.8 Å². The Morgan fingerprint density at radius 1 is 1.17 bits per heavy atom. The van der Waals surface area contributed by atoms with E-state index in [1.165, 1.54) is 37.6 Å². The van der Waals surface area contributed by atoms with Gasteiger partial charge in [0.05, 0.1) is 29.0 Å². The van der Waals surface area contributed by atoms with Gasteiger partial charge in [0.2, 0.25) is 5.88 Å². The van der Waals surface area contributed by atoms with E-state index in [2.05, 4.69) is 4.98 Å². The first-order valence-corrected chi connectivity index (χ1v) is 10.9. The lowest BCUT2D eigenvalue weighted by Crippen LogP contribution is -2.26. The minimum absolute atomic E-state index is 0.0285. The number of nitriles is 1. The number of phenolic OH excluding ortho intramolecular Hbond substituents is 1. The van der Waals surface area contributed by atoms with Crippen molar-refractivity contribution in [3.8, 4) is 34.4 Å². The largest absolute Gasteiger partial charge is 0.508 e. The maximum Gasteiger partial charge on any atom is 0.344 e. The van der Waals surface area contributed by atoms with Crippen molar-refractivity contribution in [2.75, 3.05) is 7.11 Å². The molecule has 0 spiro atoms. The predicted octanol–water partition coefficient (Wildman–Crippen LogP) is 5.09. The molecule has 1 atom stereocenters. The van der Waals surface area contributed by atoms with Gasteiger partial charge in [-0.2, -0.15) is 5.26 Å². The van der Waals surface area contributed by atoms with E-state index in [-0.39, 0.29) is 39.3 Å². The summed E-state index contributed by atoms with van der Waals surface area (Å²) < 4.78 is 16.7. The summed E-state index contributed by atoms with van der Waals surface area (Å²) in [5, 5.41) is 20.8. The van der Waals surface area contributed by atoms with E-state index in [4.69, 9.17) is 42.8 Å². The zero-order valence-corrected chi connectivity index (χ0v) is 19.5. The Morgan fingerprint density at radius 3 is 2.69 bits per heavy atom. The van der Waals surface area contributed by atoms with Crippen LogP contribution in [0.25, 0.3) is 22.1 Å². The molecule has 4 aromatic rings. The second-order valence-corrected chi connectivity index (χ2v) is 8.48. The average Bonchev–Trinajstić information content (AvgIpc) is 2.83. The number of methoxy groups -OCH3 is 1. The average molecular weight is 508 g/mol. The molecule has 0 aliphatic carbocycles. The number of hydrogen-bond donors (Lipinski definition) is 2. The third-order valence-electron chi connectivity index (χ3n) is 5.72. The molecule has 2 aromatic heterocycles. The van der Waals surface area contributed by atoms with E-state index in [1.54, 1.807) is 18.2 Å². The van der Waals surface area contributed by atoms with E-state index < -0.39 is 11.5 Å². The van der Waals surface area contributed by atoms with Crippen molar-refractivity contribution in [1.82, 2.24) is 4.98 Å². The number of hydrogen-bond acceptors (Lipinski definition) is 8. The fourth-order valence-corrected chi connectivity index (χ4v) is 4.63. The maximum absolute atomic E-state index is 13.1. The summed E-state index contributed by atoms with van der Waals surface area (Å²) in [4.78, 5) is 17.2. The number of aromatic hydroxyl groups is 1. The van der Waals surface area contributed by atoms with Gasteiger partial charge >= 0.3 is 5.63 Å². The van der Waals surface area contributed by atoms with E-state index >= 15 is 0 Å². The number of nitrogens with zero attached hydrogens (tertiary/aromatic N) is 2. The number of halogens is 2. The molecule has 0 fully saturated rings. The van der Waals surface area contributed by atoms with Crippen molar-refractivity contribution in [1.29, 1.82) is 5.26 Å². The van der Waals surface area contributed by atoms with Crippen LogP contribution >= 0.6 is 23.2 Å². The van der Waals surface area contributed by atoms with Crippen LogP contribution in [-0.4, -0.2) is 17.2 Å². The molecule has 3 N–H and O–H groups in total. The van der Waals surface area contributed by atoms with Crippen molar-refractivity contribution in [2.45, 2.75) is 5.92 Å². The molecule has 5 rings (SSSR count). The Morgan fingerprint density at radius 2 is 1.97 bits per heavy atom. The molecule has 2 aromatic carbocycles. The first-order chi connectivity index (χ1) is 16.8. The van der Waals surface area contributed by atoms with Crippen molar-refractivity contribution < 1.29 is 19.0 Å². The van der Waals surface area contributed by atoms with E-state index in [0.717, 1.165) is 0 Å². The van der Waals surface area contributed by atoms with Crippen molar-refractivity contribution in [3.63, 3.8) is 0 Å². The molecule has 0 radical (unpaired) electrons. The molecule has 35 heavy (non-hydrogen) atoms. The summed E-state index contributed by atoms with van der Waals surface area (Å²) in [5.41, 5.74) is 7.36. The van der Waals surface area contributed by atoms with Gasteiger partial charge in [0, 0.05) is 17.3 Å². The van der Waals surface area contributed by atoms with Crippen molar-refractivity contribution in [2.24, 2.45) is 5.73 Å². The van der Waals surface area contributed by atoms with Gasteiger partial charge in [0.1, 0.15) is 33.9 Å². The third-order valence-corrected chi connectivity index (χ3v) is 6.24. The van der Waals surface area contributed by atoms with Gasteiger partial charge in [-0.15, -0.1) is 0 Å². The summed E-state index contributed by atoms with van der Waals surface area (Å²) in [7, 11) is 1.51. The summed E-state index contributed by atoms with van der Waals surface area (Å²) in [6.45, 7) is 0. The number of rotatable bonds is 3. The number of fused-ring (bicyclic) bond motifs is 3. The SMILES string of the molecule is COc1ccc(C2C(C#N)=C(N)Oc3c2c(=O)oc2ccc(O)cc32)cc1-c1cnc(Cl)cc1Cl. The Kier molecular flexibility index (Phi) is 5.52. The first-order valence-electron chi connectivity index (χ1n) is 10.2. The van der Waals surface area contributed by atoms with Gasteiger partial charge in [-0.05, 0) is 42.0 Å². The van der Waals surface area contributed by atoms with Crippen LogP contribution in [0.15, 0.2) is 69.3 Å². The highest BCUT2D eigenvalue weighted by atomic mass is 35.5. The second-order valence-electron chi connectivity index (χ2n) is 7.68. The lowest BCUT2D eigenvalue weighted by atomic mass is 9.82. The van der Waals surface area contributed by atoms with Gasteiger partial charge in [-0.25, -0.2) is 9.78 Å². The zero-order valence-electron chi connectivity index (χ0n) is 18.0. The van der Waals surface area contributed by atoms with Crippen LogP contribution in [0.2, 0.25) is 10.2 Å². The van der Waals surface area contributed by atoms with Gasteiger partial charge in [0.25, 0.3) is 0 Å². The Hall–Kier alpha value is -4.19. The number of allylic oxidation sites excluding steroid dienone is 1. The van der Waals surface area contributed by atoms with Crippen LogP contribution < -0.4 is 20.8 Å². The first kappa shape index (κ1) is 22.6. The lowest BCUT2D eigenvalue weighted by Gasteiger charge is -2.26. The molecular formula is C25H15Cl2N3O5. The molecule has 0 saturated carbocycles. The molecule has 0 saturated heterocycles. The normalized spacial score (nSPS) is 14.9. The number of ether oxygens (including phenoxy) is 2. The molecule has 1 aliphatic heterocycles. The number of aromatic nitrogens is 1. The minimum Gasteiger partial charge on any atom is -0.508 e. The van der Waals surface area contributed by atoms with Gasteiger partial charge < -0.3 is 24.7 Å². The van der Waals surface area contributed by atoms with Crippen LogP contribution in [0.5, 0.6) is 17.2 Å². The second kappa shape index (κ2) is 8.55. The third kappa shape index (κ3) is 3.71. The Bertz CT molecular complexity index is 1660. The molecule has 8 nitrogen and oxygen atoms in total. The van der Waals surface area contributed by atoms with Crippen LogP contribution in [0, 0.1) is 11.3 Å². The summed E-state index contributed by atoms with van der Waals surface area (Å²) >= 11 is 12.4. The topological polar surface area (TPSA) is 132 Å². The summed E-state index contributed by atoms with van der Waals surface area (Å²) in [6.07, 6.45) is 1.50. The predicted molar refractivity (Wildman–Crippen MR) is 130 cm³/mol. The van der Waals surface area contributed by atoms with Crippen LogP contribution in [0.1, 0.15) is 17.0 Å². The number of pyridine rings is 1. The fraction of sp³-hybridized carbons (Fsp3) is 0.0800. The molecule has 1 aliphatic rings.